The van der Waals surface area contributed by atoms with Crippen LogP contribution in [0.2, 0.25) is 0 Å². The molecule has 1 fully saturated rings. The van der Waals surface area contributed by atoms with Crippen LogP contribution < -0.4 is 10.1 Å². The molecule has 5 nitrogen and oxygen atoms in total. The predicted molar refractivity (Wildman–Crippen MR) is 119 cm³/mol. The smallest absolute Gasteiger partial charge is 0.193 e. The lowest BCUT2D eigenvalue weighted by Gasteiger charge is -2.34. The molecule has 1 aliphatic heterocycles. The minimum absolute atomic E-state index is 0. The van der Waals surface area contributed by atoms with Crippen molar-refractivity contribution in [2.75, 3.05) is 39.9 Å². The predicted octanol–water partition coefficient (Wildman–Crippen LogP) is 3.85. The minimum Gasteiger partial charge on any atom is -0.494 e. The Hall–Kier alpha value is -1.02. The average molecular weight is 475 g/mol. The lowest BCUT2D eigenvalue weighted by molar-refractivity contribution is 0.0264. The molecule has 1 aromatic carbocycles. The van der Waals surface area contributed by atoms with Crippen LogP contribution in [-0.2, 0) is 4.74 Å². The zero-order valence-electron chi connectivity index (χ0n) is 16.4. The molecule has 0 radical (unpaired) electrons. The molecule has 148 valence electrons. The van der Waals surface area contributed by atoms with Gasteiger partial charge < -0.3 is 19.7 Å². The number of halogens is 1. The summed E-state index contributed by atoms with van der Waals surface area (Å²) in [5, 5.41) is 3.47. The number of guanidine groups is 1. The number of aliphatic imine (C=N–C) groups is 1. The molecular formula is C20H34IN3O2. The van der Waals surface area contributed by atoms with Crippen LogP contribution in [0.25, 0.3) is 0 Å². The second kappa shape index (κ2) is 13.2. The molecule has 1 aromatic rings. The van der Waals surface area contributed by atoms with E-state index in [-0.39, 0.29) is 24.0 Å². The van der Waals surface area contributed by atoms with Gasteiger partial charge in [0.05, 0.1) is 12.7 Å². The van der Waals surface area contributed by atoms with Gasteiger partial charge in [-0.1, -0.05) is 17.7 Å². The lowest BCUT2D eigenvalue weighted by atomic mass is 10.1. The molecule has 0 aliphatic carbocycles. The highest BCUT2D eigenvalue weighted by Gasteiger charge is 2.21. The average Bonchev–Trinajstić information content (AvgIpc) is 2.64. The maximum atomic E-state index is 5.76. The quantitative estimate of drug-likeness (QED) is 0.269. The third-order valence-corrected chi connectivity index (χ3v) is 4.50. The number of nitrogens with one attached hydrogen (secondary N) is 1. The number of hydrogen-bond acceptors (Lipinski definition) is 3. The second-order valence-electron chi connectivity index (χ2n) is 6.48. The Labute approximate surface area is 175 Å². The number of ether oxygens (including phenoxy) is 2. The Morgan fingerprint density at radius 3 is 2.50 bits per heavy atom. The Bertz CT molecular complexity index is 514. The van der Waals surface area contributed by atoms with Gasteiger partial charge in [-0.2, -0.15) is 0 Å². The lowest BCUT2D eigenvalue weighted by Crippen LogP contribution is -2.47. The SMILES string of the molecule is CCOC1CCN(C(=NC)NCCCCOc2ccc(C)cc2)CC1.I. The molecular weight excluding hydrogens is 441 g/mol. The summed E-state index contributed by atoms with van der Waals surface area (Å²) in [5.74, 6) is 1.96. The van der Waals surface area contributed by atoms with Crippen LogP contribution in [0.15, 0.2) is 29.3 Å². The first-order valence-corrected chi connectivity index (χ1v) is 9.49. The van der Waals surface area contributed by atoms with Crippen LogP contribution in [-0.4, -0.2) is 56.9 Å². The van der Waals surface area contributed by atoms with Crippen LogP contribution in [0.3, 0.4) is 0 Å². The van der Waals surface area contributed by atoms with Crippen molar-refractivity contribution in [2.24, 2.45) is 4.99 Å². The summed E-state index contributed by atoms with van der Waals surface area (Å²) < 4.78 is 11.5. The van der Waals surface area contributed by atoms with Crippen molar-refractivity contribution in [1.82, 2.24) is 10.2 Å². The van der Waals surface area contributed by atoms with Crippen LogP contribution in [0.1, 0.15) is 38.2 Å². The number of rotatable bonds is 8. The van der Waals surface area contributed by atoms with Crippen molar-refractivity contribution in [3.8, 4) is 5.75 Å². The molecule has 0 amide bonds. The maximum Gasteiger partial charge on any atom is 0.193 e. The maximum absolute atomic E-state index is 5.76. The number of benzene rings is 1. The van der Waals surface area contributed by atoms with Gasteiger partial charge in [0.15, 0.2) is 5.96 Å². The monoisotopic (exact) mass is 475 g/mol. The van der Waals surface area contributed by atoms with Crippen LogP contribution in [0.5, 0.6) is 5.75 Å². The Morgan fingerprint density at radius 2 is 1.88 bits per heavy atom. The normalized spacial score (nSPS) is 15.5. The second-order valence-corrected chi connectivity index (χ2v) is 6.48. The van der Waals surface area contributed by atoms with Gasteiger partial charge in [-0.25, -0.2) is 0 Å². The Morgan fingerprint density at radius 1 is 1.19 bits per heavy atom. The van der Waals surface area contributed by atoms with Gasteiger partial charge in [-0.15, -0.1) is 24.0 Å². The van der Waals surface area contributed by atoms with E-state index >= 15 is 0 Å². The van der Waals surface area contributed by atoms with Crippen LogP contribution in [0, 0.1) is 6.92 Å². The Balaban J connectivity index is 0.00000338. The van der Waals surface area contributed by atoms with E-state index in [0.717, 1.165) is 70.2 Å². The van der Waals surface area contributed by atoms with Gasteiger partial charge in [-0.05, 0) is 51.7 Å². The third-order valence-electron chi connectivity index (χ3n) is 4.50. The van der Waals surface area contributed by atoms with Gasteiger partial charge in [-0.3, -0.25) is 4.99 Å². The molecule has 0 aromatic heterocycles. The van der Waals surface area contributed by atoms with E-state index in [9.17, 15) is 0 Å². The molecule has 0 bridgehead atoms. The van der Waals surface area contributed by atoms with E-state index in [0.29, 0.717) is 6.10 Å². The van der Waals surface area contributed by atoms with Gasteiger partial charge in [0.1, 0.15) is 5.75 Å². The van der Waals surface area contributed by atoms with Gasteiger partial charge >= 0.3 is 0 Å². The number of unbranched alkanes of at least 4 members (excludes halogenated alkanes) is 1. The summed E-state index contributed by atoms with van der Waals surface area (Å²) in [6.07, 6.45) is 4.68. The molecule has 1 aliphatic rings. The van der Waals surface area contributed by atoms with Crippen molar-refractivity contribution in [2.45, 2.75) is 45.6 Å². The Kier molecular flexibility index (Phi) is 11.7. The first-order chi connectivity index (χ1) is 12.2. The molecule has 0 saturated carbocycles. The fourth-order valence-corrected chi connectivity index (χ4v) is 3.05. The number of hydrogen-bond donors (Lipinski definition) is 1. The van der Waals surface area contributed by atoms with Crippen molar-refractivity contribution < 1.29 is 9.47 Å². The fraction of sp³-hybridized carbons (Fsp3) is 0.650. The van der Waals surface area contributed by atoms with E-state index in [4.69, 9.17) is 9.47 Å². The van der Waals surface area contributed by atoms with Crippen LogP contribution in [0.4, 0.5) is 0 Å². The summed E-state index contributed by atoms with van der Waals surface area (Å²) in [7, 11) is 1.86. The highest BCUT2D eigenvalue weighted by atomic mass is 127. The molecule has 1 saturated heterocycles. The molecule has 0 unspecified atom stereocenters. The van der Waals surface area contributed by atoms with E-state index < -0.39 is 0 Å². The molecule has 2 rings (SSSR count). The first-order valence-electron chi connectivity index (χ1n) is 9.49. The number of aryl methyl sites for hydroxylation is 1. The summed E-state index contributed by atoms with van der Waals surface area (Å²) in [5.41, 5.74) is 1.26. The number of likely N-dealkylation sites (tertiary alicyclic amines) is 1. The van der Waals surface area contributed by atoms with Gasteiger partial charge in [0.25, 0.3) is 0 Å². The van der Waals surface area contributed by atoms with Crippen LogP contribution >= 0.6 is 24.0 Å². The molecule has 0 spiro atoms. The van der Waals surface area contributed by atoms with E-state index in [1.807, 2.05) is 19.2 Å². The van der Waals surface area contributed by atoms with Crippen molar-refractivity contribution in [3.63, 3.8) is 0 Å². The fourth-order valence-electron chi connectivity index (χ4n) is 3.05. The topological polar surface area (TPSA) is 46.1 Å². The summed E-state index contributed by atoms with van der Waals surface area (Å²) in [6.45, 7) is 8.67. The highest BCUT2D eigenvalue weighted by Crippen LogP contribution is 2.14. The largest absolute Gasteiger partial charge is 0.494 e. The molecule has 6 heteroatoms. The number of piperidine rings is 1. The van der Waals surface area contributed by atoms with Gasteiger partial charge in [0, 0.05) is 33.3 Å². The van der Waals surface area contributed by atoms with E-state index in [2.05, 4.69) is 41.2 Å². The first kappa shape index (κ1) is 23.0. The van der Waals surface area contributed by atoms with E-state index in [1.165, 1.54) is 5.56 Å². The minimum atomic E-state index is 0. The zero-order valence-corrected chi connectivity index (χ0v) is 18.7. The molecule has 1 N–H and O–H groups in total. The standard InChI is InChI=1S/C20H33N3O2.HI/c1-4-24-19-11-14-23(15-12-19)20(21-3)22-13-5-6-16-25-18-9-7-17(2)8-10-18;/h7-10,19H,4-6,11-16H2,1-3H3,(H,21,22);1H. The summed E-state index contributed by atoms with van der Waals surface area (Å²) >= 11 is 0. The van der Waals surface area contributed by atoms with Crippen molar-refractivity contribution >= 4 is 29.9 Å². The zero-order chi connectivity index (χ0) is 17.9. The van der Waals surface area contributed by atoms with Gasteiger partial charge in [0.2, 0.25) is 0 Å². The van der Waals surface area contributed by atoms with E-state index in [1.54, 1.807) is 0 Å². The molecule has 26 heavy (non-hydrogen) atoms. The van der Waals surface area contributed by atoms with Crippen molar-refractivity contribution in [1.29, 1.82) is 0 Å². The van der Waals surface area contributed by atoms with Crippen molar-refractivity contribution in [3.05, 3.63) is 29.8 Å². The molecule has 0 atom stereocenters. The highest BCUT2D eigenvalue weighted by molar-refractivity contribution is 14.0. The summed E-state index contributed by atoms with van der Waals surface area (Å²) in [6, 6.07) is 8.22. The number of nitrogens with zero attached hydrogens (tertiary/aromatic N) is 2. The summed E-state index contributed by atoms with van der Waals surface area (Å²) in [4.78, 5) is 6.75. The third kappa shape index (κ3) is 8.12. The molecule has 1 heterocycles.